The molecule has 1 aliphatic heterocycles. The predicted molar refractivity (Wildman–Crippen MR) is 121 cm³/mol. The number of hydrogen-bond donors (Lipinski definition) is 1. The van der Waals surface area contributed by atoms with Crippen LogP contribution in [-0.2, 0) is 14.4 Å². The second-order valence-electron chi connectivity index (χ2n) is 7.19. The number of hydrogen-bond acceptors (Lipinski definition) is 4. The van der Waals surface area contributed by atoms with Gasteiger partial charge in [-0.15, -0.1) is 0 Å². The van der Waals surface area contributed by atoms with E-state index in [0.717, 1.165) is 16.7 Å². The van der Waals surface area contributed by atoms with E-state index in [0.29, 0.717) is 30.5 Å². The second-order valence-corrected chi connectivity index (χ2v) is 7.88. The maximum Gasteiger partial charge on any atom is 0.247 e. The zero-order valence-corrected chi connectivity index (χ0v) is 18.7. The Bertz CT molecular complexity index is 1040. The molecule has 1 aromatic heterocycles. The van der Waals surface area contributed by atoms with Gasteiger partial charge in [-0.05, 0) is 47.0 Å². The summed E-state index contributed by atoms with van der Waals surface area (Å²) >= 11 is 12.0. The second kappa shape index (κ2) is 9.94. The largest absolute Gasteiger partial charge is 0.335 e. The first-order chi connectivity index (χ1) is 14.8. The molecule has 0 bridgehead atoms. The summed E-state index contributed by atoms with van der Waals surface area (Å²) in [5, 5.41) is 3.16. The zero-order chi connectivity index (χ0) is 22.5. The molecule has 0 spiro atoms. The summed E-state index contributed by atoms with van der Waals surface area (Å²) in [5.41, 5.74) is 3.61. The van der Waals surface area contributed by atoms with E-state index in [2.05, 4.69) is 10.3 Å². The molecule has 3 amide bonds. The average molecular weight is 461 g/mol. The van der Waals surface area contributed by atoms with Crippen molar-refractivity contribution in [3.05, 3.63) is 58.7 Å². The molecule has 1 fully saturated rings. The van der Waals surface area contributed by atoms with Crippen molar-refractivity contribution in [3.63, 3.8) is 0 Å². The minimum absolute atomic E-state index is 0.0802. The molecule has 3 rings (SSSR count). The molecule has 2 aromatic rings. The third-order valence-electron chi connectivity index (χ3n) is 5.00. The van der Waals surface area contributed by atoms with Gasteiger partial charge in [0.2, 0.25) is 17.7 Å². The van der Waals surface area contributed by atoms with Gasteiger partial charge in [0.25, 0.3) is 0 Å². The summed E-state index contributed by atoms with van der Waals surface area (Å²) in [4.78, 5) is 43.5. The SMILES string of the molecule is CC(=O)Nc1cc(-c2cc(Cl)cc(C3CN(C(=O)C=CCl)CCN3C(C)=O)c2)ccn1. The number of rotatable bonds is 4. The number of carbonyl (C=O) groups excluding carboxylic acids is 3. The van der Waals surface area contributed by atoms with Gasteiger partial charge in [-0.2, -0.15) is 0 Å². The summed E-state index contributed by atoms with van der Waals surface area (Å²) in [6.45, 7) is 4.08. The van der Waals surface area contributed by atoms with E-state index in [1.54, 1.807) is 34.2 Å². The lowest BCUT2D eigenvalue weighted by Crippen LogP contribution is -2.51. The van der Waals surface area contributed by atoms with Gasteiger partial charge in [-0.25, -0.2) is 4.98 Å². The van der Waals surface area contributed by atoms with Crippen LogP contribution in [-0.4, -0.2) is 52.1 Å². The fraction of sp³-hybridized carbons (Fsp3) is 0.273. The molecule has 162 valence electrons. The summed E-state index contributed by atoms with van der Waals surface area (Å²) < 4.78 is 0. The van der Waals surface area contributed by atoms with Crippen molar-refractivity contribution in [2.75, 3.05) is 25.0 Å². The third-order valence-corrected chi connectivity index (χ3v) is 5.35. The van der Waals surface area contributed by atoms with Gasteiger partial charge in [-0.1, -0.05) is 23.2 Å². The Labute approximate surface area is 190 Å². The van der Waals surface area contributed by atoms with E-state index in [-0.39, 0.29) is 23.8 Å². The van der Waals surface area contributed by atoms with Crippen LogP contribution in [0.25, 0.3) is 11.1 Å². The van der Waals surface area contributed by atoms with Crippen molar-refractivity contribution < 1.29 is 14.4 Å². The van der Waals surface area contributed by atoms with Crippen LogP contribution in [0.3, 0.4) is 0 Å². The molecule has 0 aliphatic carbocycles. The number of aromatic nitrogens is 1. The van der Waals surface area contributed by atoms with E-state index in [1.807, 2.05) is 12.1 Å². The molecule has 1 aliphatic rings. The first kappa shape index (κ1) is 22.8. The van der Waals surface area contributed by atoms with Crippen LogP contribution in [0.2, 0.25) is 5.02 Å². The van der Waals surface area contributed by atoms with Crippen LogP contribution in [0.4, 0.5) is 5.82 Å². The van der Waals surface area contributed by atoms with E-state index in [9.17, 15) is 14.4 Å². The van der Waals surface area contributed by atoms with E-state index >= 15 is 0 Å². The van der Waals surface area contributed by atoms with E-state index < -0.39 is 0 Å². The highest BCUT2D eigenvalue weighted by Crippen LogP contribution is 2.33. The van der Waals surface area contributed by atoms with Crippen LogP contribution in [0.1, 0.15) is 25.5 Å². The summed E-state index contributed by atoms with van der Waals surface area (Å²) in [6.07, 6.45) is 2.90. The highest BCUT2D eigenvalue weighted by molar-refractivity contribution is 6.31. The smallest absolute Gasteiger partial charge is 0.247 e. The van der Waals surface area contributed by atoms with Gasteiger partial charge in [0.05, 0.1) is 6.04 Å². The van der Waals surface area contributed by atoms with E-state index in [4.69, 9.17) is 23.2 Å². The first-order valence-corrected chi connectivity index (χ1v) is 10.5. The van der Waals surface area contributed by atoms with Crippen molar-refractivity contribution >= 4 is 46.7 Å². The Balaban J connectivity index is 1.99. The highest BCUT2D eigenvalue weighted by Gasteiger charge is 2.32. The van der Waals surface area contributed by atoms with Crippen LogP contribution in [0.5, 0.6) is 0 Å². The monoisotopic (exact) mass is 460 g/mol. The number of amides is 3. The lowest BCUT2D eigenvalue weighted by Gasteiger charge is -2.41. The van der Waals surface area contributed by atoms with Crippen LogP contribution < -0.4 is 5.32 Å². The van der Waals surface area contributed by atoms with Gasteiger partial charge in [0, 0.05) is 56.3 Å². The third kappa shape index (κ3) is 5.62. The summed E-state index contributed by atoms with van der Waals surface area (Å²) in [6, 6.07) is 8.75. The topological polar surface area (TPSA) is 82.6 Å². The van der Waals surface area contributed by atoms with Gasteiger partial charge in [-0.3, -0.25) is 14.4 Å². The molecular weight excluding hydrogens is 439 g/mol. The Kier molecular flexibility index (Phi) is 7.30. The maximum atomic E-state index is 12.3. The number of nitrogens with zero attached hydrogens (tertiary/aromatic N) is 3. The molecule has 1 N–H and O–H groups in total. The fourth-order valence-corrected chi connectivity index (χ4v) is 3.99. The Morgan fingerprint density at radius 2 is 1.90 bits per heavy atom. The summed E-state index contributed by atoms with van der Waals surface area (Å²) in [7, 11) is 0. The number of nitrogens with one attached hydrogen (secondary N) is 1. The van der Waals surface area contributed by atoms with Crippen molar-refractivity contribution in [2.24, 2.45) is 0 Å². The number of carbonyl (C=O) groups is 3. The first-order valence-electron chi connectivity index (χ1n) is 9.66. The molecule has 2 heterocycles. The normalized spacial score (nSPS) is 16.5. The fourth-order valence-electron chi connectivity index (χ4n) is 3.63. The van der Waals surface area contributed by atoms with E-state index in [1.165, 1.54) is 25.5 Å². The van der Waals surface area contributed by atoms with Crippen LogP contribution >= 0.6 is 23.2 Å². The lowest BCUT2D eigenvalue weighted by molar-refractivity contribution is -0.139. The van der Waals surface area contributed by atoms with Crippen LogP contribution in [0, 0.1) is 0 Å². The molecule has 9 heteroatoms. The molecule has 1 atom stereocenters. The number of benzene rings is 1. The lowest BCUT2D eigenvalue weighted by atomic mass is 9.97. The Morgan fingerprint density at radius 1 is 1.13 bits per heavy atom. The molecule has 1 unspecified atom stereocenters. The molecular formula is C22H22Cl2N4O3. The number of halogens is 2. The minimum Gasteiger partial charge on any atom is -0.335 e. The standard InChI is InChI=1S/C22H22Cl2N4O3/c1-14(29)26-21-12-16(4-6-25-21)17-9-18(11-19(24)10-17)20-13-27(22(31)3-5-23)7-8-28(20)15(2)30/h3-6,9-12,20H,7-8,13H2,1-2H3,(H,25,26,29). The number of anilines is 1. The predicted octanol–water partition coefficient (Wildman–Crippen LogP) is 3.84. The molecule has 1 saturated heterocycles. The highest BCUT2D eigenvalue weighted by atomic mass is 35.5. The summed E-state index contributed by atoms with van der Waals surface area (Å²) in [5.74, 6) is -0.0754. The molecule has 0 saturated carbocycles. The van der Waals surface area contributed by atoms with Gasteiger partial charge in [0.15, 0.2) is 0 Å². The minimum atomic E-state index is -0.354. The van der Waals surface area contributed by atoms with Crippen molar-refractivity contribution in [1.82, 2.24) is 14.8 Å². The van der Waals surface area contributed by atoms with Crippen molar-refractivity contribution in [3.8, 4) is 11.1 Å². The Morgan fingerprint density at radius 3 is 2.58 bits per heavy atom. The molecule has 1 aromatic carbocycles. The maximum absolute atomic E-state index is 12.3. The molecule has 31 heavy (non-hydrogen) atoms. The van der Waals surface area contributed by atoms with Crippen molar-refractivity contribution in [1.29, 1.82) is 0 Å². The van der Waals surface area contributed by atoms with Crippen molar-refractivity contribution in [2.45, 2.75) is 19.9 Å². The van der Waals surface area contributed by atoms with Gasteiger partial charge in [0.1, 0.15) is 5.82 Å². The number of pyridine rings is 1. The molecule has 7 nitrogen and oxygen atoms in total. The Hall–Kier alpha value is -2.90. The number of piperazine rings is 1. The van der Waals surface area contributed by atoms with Gasteiger partial charge < -0.3 is 15.1 Å². The van der Waals surface area contributed by atoms with Gasteiger partial charge >= 0.3 is 0 Å². The van der Waals surface area contributed by atoms with Crippen LogP contribution in [0.15, 0.2) is 48.1 Å². The quantitative estimate of drug-likeness (QED) is 0.702. The molecule has 0 radical (unpaired) electrons. The average Bonchev–Trinajstić information content (AvgIpc) is 2.72. The zero-order valence-electron chi connectivity index (χ0n) is 17.1.